The van der Waals surface area contributed by atoms with Gasteiger partial charge in [-0.2, -0.15) is 0 Å². The maximum absolute atomic E-state index is 2.39. The predicted molar refractivity (Wildman–Crippen MR) is 105 cm³/mol. The molecule has 1 aliphatic heterocycles. The summed E-state index contributed by atoms with van der Waals surface area (Å²) in [5, 5.41) is 2.63. The van der Waals surface area contributed by atoms with Gasteiger partial charge < -0.3 is 4.90 Å². The van der Waals surface area contributed by atoms with Crippen molar-refractivity contribution in [3.63, 3.8) is 0 Å². The second kappa shape index (κ2) is 4.86. The lowest BCUT2D eigenvalue weighted by Crippen LogP contribution is -2.39. The maximum Gasteiger partial charge on any atom is 0.0526 e. The fraction of sp³-hybridized carbons (Fsp3) is 0.304. The molecule has 4 rings (SSSR count). The van der Waals surface area contributed by atoms with E-state index in [4.69, 9.17) is 0 Å². The molecule has 0 radical (unpaired) electrons. The maximum atomic E-state index is 2.39. The van der Waals surface area contributed by atoms with Crippen molar-refractivity contribution in [2.45, 2.75) is 38.5 Å². The summed E-state index contributed by atoms with van der Waals surface area (Å²) in [4.78, 5) is 2.39. The molecule has 0 saturated heterocycles. The van der Waals surface area contributed by atoms with Crippen LogP contribution in [0.2, 0.25) is 0 Å². The summed E-state index contributed by atoms with van der Waals surface area (Å²) in [6.07, 6.45) is 0. The fourth-order valence-electron chi connectivity index (χ4n) is 4.21. The third-order valence-corrected chi connectivity index (χ3v) is 6.41. The van der Waals surface area contributed by atoms with Gasteiger partial charge in [0.05, 0.1) is 5.69 Å². The summed E-state index contributed by atoms with van der Waals surface area (Å²) in [7, 11) is 2.21. The van der Waals surface area contributed by atoms with E-state index in [0.717, 1.165) is 0 Å². The van der Waals surface area contributed by atoms with Crippen molar-refractivity contribution in [3.05, 3.63) is 71.8 Å². The van der Waals surface area contributed by atoms with E-state index >= 15 is 0 Å². The lowest BCUT2D eigenvalue weighted by atomic mass is 9.61. The smallest absolute Gasteiger partial charge is 0.0526 e. The highest BCUT2D eigenvalue weighted by Crippen LogP contribution is 2.54. The van der Waals surface area contributed by atoms with E-state index in [9.17, 15) is 0 Å². The van der Waals surface area contributed by atoms with E-state index in [-0.39, 0.29) is 10.8 Å². The molecule has 0 saturated carbocycles. The molecular weight excluding hydrogens is 290 g/mol. The first-order chi connectivity index (χ1) is 11.4. The summed E-state index contributed by atoms with van der Waals surface area (Å²) in [5.41, 5.74) is 5.54. The predicted octanol–water partition coefficient (Wildman–Crippen LogP) is 6.18. The van der Waals surface area contributed by atoms with Gasteiger partial charge in [0.2, 0.25) is 0 Å². The van der Waals surface area contributed by atoms with Crippen molar-refractivity contribution < 1.29 is 0 Å². The Morgan fingerprint density at radius 1 is 0.667 bits per heavy atom. The largest absolute Gasteiger partial charge is 0.344 e. The van der Waals surface area contributed by atoms with Crippen molar-refractivity contribution >= 4 is 22.1 Å². The van der Waals surface area contributed by atoms with Crippen LogP contribution in [0.3, 0.4) is 0 Å². The highest BCUT2D eigenvalue weighted by atomic mass is 15.1. The Hall–Kier alpha value is -2.28. The highest BCUT2D eigenvalue weighted by molar-refractivity contribution is 5.99. The van der Waals surface area contributed by atoms with E-state index in [2.05, 4.69) is 100 Å². The molecule has 1 aliphatic rings. The summed E-state index contributed by atoms with van der Waals surface area (Å²) < 4.78 is 0. The van der Waals surface area contributed by atoms with Gasteiger partial charge in [-0.15, -0.1) is 0 Å². The quantitative estimate of drug-likeness (QED) is 0.479. The van der Waals surface area contributed by atoms with Crippen LogP contribution in [-0.4, -0.2) is 7.05 Å². The van der Waals surface area contributed by atoms with Crippen LogP contribution in [-0.2, 0) is 10.8 Å². The summed E-state index contributed by atoms with van der Waals surface area (Å²) >= 11 is 0. The summed E-state index contributed by atoms with van der Waals surface area (Å²) in [6, 6.07) is 22.2. The van der Waals surface area contributed by atoms with Gasteiger partial charge in [-0.1, -0.05) is 82.3 Å². The molecule has 24 heavy (non-hydrogen) atoms. The first kappa shape index (κ1) is 15.3. The molecule has 0 unspecified atom stereocenters. The number of rotatable bonds is 0. The molecule has 0 spiro atoms. The van der Waals surface area contributed by atoms with Crippen LogP contribution in [0, 0.1) is 0 Å². The molecule has 0 bridgehead atoms. The van der Waals surface area contributed by atoms with Crippen LogP contribution in [0.15, 0.2) is 60.7 Å². The zero-order valence-electron chi connectivity index (χ0n) is 15.2. The van der Waals surface area contributed by atoms with Gasteiger partial charge in [-0.25, -0.2) is 0 Å². The Bertz CT molecular complexity index is 934. The molecule has 0 aromatic heterocycles. The molecule has 122 valence electrons. The third kappa shape index (κ3) is 1.81. The van der Waals surface area contributed by atoms with Crippen LogP contribution in [0.1, 0.15) is 38.8 Å². The van der Waals surface area contributed by atoms with Crippen LogP contribution in [0.25, 0.3) is 10.8 Å². The van der Waals surface area contributed by atoms with Gasteiger partial charge in [-0.3, -0.25) is 0 Å². The zero-order valence-corrected chi connectivity index (χ0v) is 15.2. The number of hydrogen-bond donors (Lipinski definition) is 0. The molecule has 0 N–H and O–H groups in total. The minimum atomic E-state index is 0.0211. The number of hydrogen-bond acceptors (Lipinski definition) is 1. The molecule has 0 amide bonds. The number of benzene rings is 3. The Labute approximate surface area is 144 Å². The van der Waals surface area contributed by atoms with Crippen molar-refractivity contribution in [1.82, 2.24) is 0 Å². The van der Waals surface area contributed by atoms with Crippen LogP contribution >= 0.6 is 0 Å². The van der Waals surface area contributed by atoms with Gasteiger partial charge >= 0.3 is 0 Å². The number of nitrogens with zero attached hydrogens (tertiary/aromatic N) is 1. The molecule has 1 heterocycles. The first-order valence-corrected chi connectivity index (χ1v) is 8.71. The molecule has 3 aromatic rings. The number of para-hydroxylation sites is 1. The average Bonchev–Trinajstić information content (AvgIpc) is 2.63. The van der Waals surface area contributed by atoms with E-state index in [1.54, 1.807) is 0 Å². The molecule has 3 aromatic carbocycles. The second-order valence-electron chi connectivity index (χ2n) is 8.01. The SMILES string of the molecule is CN1c2ccccc2C(C)(C)C(C)(C)c2ccc3ccccc3c21. The molecular formula is C23H25N. The van der Waals surface area contributed by atoms with Gasteiger partial charge in [0, 0.05) is 29.0 Å². The van der Waals surface area contributed by atoms with Crippen LogP contribution in [0.5, 0.6) is 0 Å². The third-order valence-electron chi connectivity index (χ3n) is 6.41. The van der Waals surface area contributed by atoms with Crippen molar-refractivity contribution in [3.8, 4) is 0 Å². The first-order valence-electron chi connectivity index (χ1n) is 8.71. The van der Waals surface area contributed by atoms with E-state index in [1.165, 1.54) is 33.3 Å². The van der Waals surface area contributed by atoms with Crippen molar-refractivity contribution in [1.29, 1.82) is 0 Å². The van der Waals surface area contributed by atoms with E-state index in [0.29, 0.717) is 0 Å². The minimum Gasteiger partial charge on any atom is -0.344 e. The average molecular weight is 315 g/mol. The molecule has 0 atom stereocenters. The Morgan fingerprint density at radius 3 is 2.08 bits per heavy atom. The monoisotopic (exact) mass is 315 g/mol. The van der Waals surface area contributed by atoms with E-state index in [1.807, 2.05) is 0 Å². The Morgan fingerprint density at radius 2 is 1.29 bits per heavy atom. The number of fused-ring (bicyclic) bond motifs is 4. The van der Waals surface area contributed by atoms with Crippen LogP contribution < -0.4 is 4.90 Å². The lowest BCUT2D eigenvalue weighted by Gasteiger charge is -2.42. The molecule has 1 nitrogen and oxygen atoms in total. The lowest BCUT2D eigenvalue weighted by molar-refractivity contribution is 0.307. The number of anilines is 2. The molecule has 0 fully saturated rings. The highest BCUT2D eigenvalue weighted by Gasteiger charge is 2.45. The van der Waals surface area contributed by atoms with Gasteiger partial charge in [0.15, 0.2) is 0 Å². The van der Waals surface area contributed by atoms with Crippen molar-refractivity contribution in [2.75, 3.05) is 11.9 Å². The zero-order chi connectivity index (χ0) is 17.1. The van der Waals surface area contributed by atoms with Gasteiger partial charge in [0.25, 0.3) is 0 Å². The Kier molecular flexibility index (Phi) is 3.09. The van der Waals surface area contributed by atoms with Gasteiger partial charge in [-0.05, 0) is 22.6 Å². The molecule has 1 heteroatoms. The summed E-state index contributed by atoms with van der Waals surface area (Å²) in [6.45, 7) is 9.53. The fourth-order valence-corrected chi connectivity index (χ4v) is 4.21. The van der Waals surface area contributed by atoms with Gasteiger partial charge in [0.1, 0.15) is 0 Å². The van der Waals surface area contributed by atoms with Crippen molar-refractivity contribution in [2.24, 2.45) is 0 Å². The topological polar surface area (TPSA) is 3.24 Å². The minimum absolute atomic E-state index is 0.0211. The van der Waals surface area contributed by atoms with Crippen LogP contribution in [0.4, 0.5) is 11.4 Å². The standard InChI is InChI=1S/C23H25N/c1-22(2)18-12-8-9-13-20(18)24(5)21-17-11-7-6-10-16(17)14-15-19(21)23(22,3)4/h6-15H,1-5H3. The normalized spacial score (nSPS) is 18.0. The van der Waals surface area contributed by atoms with E-state index < -0.39 is 0 Å². The summed E-state index contributed by atoms with van der Waals surface area (Å²) in [5.74, 6) is 0. The Balaban J connectivity index is 2.19. The molecule has 0 aliphatic carbocycles. The second-order valence-corrected chi connectivity index (χ2v) is 8.01.